The van der Waals surface area contributed by atoms with Crippen molar-refractivity contribution >= 4 is 41.3 Å². The third kappa shape index (κ3) is 7.65. The molecule has 11 heteroatoms. The highest BCUT2D eigenvalue weighted by molar-refractivity contribution is 7.98. The predicted molar refractivity (Wildman–Crippen MR) is 124 cm³/mol. The molecule has 0 aliphatic carbocycles. The molecule has 0 aliphatic heterocycles. The van der Waals surface area contributed by atoms with E-state index >= 15 is 0 Å². The van der Waals surface area contributed by atoms with Gasteiger partial charge in [0, 0.05) is 17.7 Å². The van der Waals surface area contributed by atoms with Crippen molar-refractivity contribution < 1.29 is 29.2 Å². The lowest BCUT2D eigenvalue weighted by Gasteiger charge is -2.16. The summed E-state index contributed by atoms with van der Waals surface area (Å²) in [6.45, 7) is 0. The van der Waals surface area contributed by atoms with Crippen LogP contribution in [0.2, 0.25) is 0 Å². The molecule has 2 amide bonds. The van der Waals surface area contributed by atoms with E-state index in [9.17, 15) is 29.6 Å². The number of amides is 2. The largest absolute Gasteiger partial charge is 0.497 e. The zero-order valence-electron chi connectivity index (χ0n) is 17.9. The Morgan fingerprint density at radius 2 is 1.91 bits per heavy atom. The zero-order valence-corrected chi connectivity index (χ0v) is 18.8. The maximum absolute atomic E-state index is 12.9. The van der Waals surface area contributed by atoms with Crippen molar-refractivity contribution in [1.29, 1.82) is 0 Å². The molecule has 2 aromatic rings. The molecule has 0 saturated carbocycles. The van der Waals surface area contributed by atoms with Crippen LogP contribution < -0.4 is 15.4 Å². The number of carboxylic acids is 1. The van der Waals surface area contributed by atoms with Crippen LogP contribution in [0, 0.1) is 10.1 Å². The second-order valence-electron chi connectivity index (χ2n) is 6.74. The summed E-state index contributed by atoms with van der Waals surface area (Å²) in [5.41, 5.74) is 0.0474. The van der Waals surface area contributed by atoms with E-state index in [1.54, 1.807) is 12.1 Å². The Labute approximate surface area is 194 Å². The summed E-state index contributed by atoms with van der Waals surface area (Å²) in [6.07, 6.45) is 3.24. The van der Waals surface area contributed by atoms with Crippen molar-refractivity contribution in [3.8, 4) is 5.75 Å². The summed E-state index contributed by atoms with van der Waals surface area (Å²) in [5, 5.41) is 25.3. The quantitative estimate of drug-likeness (QED) is 0.256. The van der Waals surface area contributed by atoms with Gasteiger partial charge >= 0.3 is 5.97 Å². The van der Waals surface area contributed by atoms with E-state index in [0.717, 1.165) is 0 Å². The van der Waals surface area contributed by atoms with Gasteiger partial charge in [0.25, 0.3) is 17.5 Å². The van der Waals surface area contributed by atoms with Gasteiger partial charge in [0.15, 0.2) is 0 Å². The number of nitrogens with zero attached hydrogens (tertiary/aromatic N) is 1. The Morgan fingerprint density at radius 1 is 1.21 bits per heavy atom. The SMILES string of the molecule is COc1ccc(C(=O)N/C(=C\c2cccc([N+](=O)[O-])c2)C(=O)N[C@@H](CCSC)C(=O)O)cc1. The summed E-state index contributed by atoms with van der Waals surface area (Å²) in [6, 6.07) is 10.4. The van der Waals surface area contributed by atoms with Gasteiger partial charge in [0.2, 0.25) is 0 Å². The Morgan fingerprint density at radius 3 is 2.48 bits per heavy atom. The summed E-state index contributed by atoms with van der Waals surface area (Å²) in [5.74, 6) is -1.64. The number of rotatable bonds is 11. The molecule has 1 atom stereocenters. The van der Waals surface area contributed by atoms with Crippen LogP contribution in [0.3, 0.4) is 0 Å². The molecule has 0 fully saturated rings. The van der Waals surface area contributed by atoms with Crippen LogP contribution in [-0.4, -0.2) is 53.0 Å². The standard InChI is InChI=1S/C22H23N3O7S/c1-32-17-8-6-15(7-9-17)20(26)24-19(13-14-4-3-5-16(12-14)25(30)31)21(27)23-18(22(28)29)10-11-33-2/h3-9,12-13,18H,10-11H2,1-2H3,(H,23,27)(H,24,26)(H,28,29)/b19-13-/t18-/m0/s1. The van der Waals surface area contributed by atoms with Crippen molar-refractivity contribution in [2.24, 2.45) is 0 Å². The molecule has 0 saturated heterocycles. The van der Waals surface area contributed by atoms with Gasteiger partial charge in [-0.3, -0.25) is 19.7 Å². The summed E-state index contributed by atoms with van der Waals surface area (Å²) < 4.78 is 5.06. The molecular weight excluding hydrogens is 450 g/mol. The minimum atomic E-state index is -1.21. The first-order valence-electron chi connectivity index (χ1n) is 9.69. The number of carbonyl (C=O) groups is 3. The van der Waals surface area contributed by atoms with Crippen molar-refractivity contribution in [2.45, 2.75) is 12.5 Å². The van der Waals surface area contributed by atoms with Crippen LogP contribution in [-0.2, 0) is 9.59 Å². The number of carboxylic acid groups (broad SMARTS) is 1. The smallest absolute Gasteiger partial charge is 0.326 e. The first-order chi connectivity index (χ1) is 15.7. The molecule has 0 bridgehead atoms. The van der Waals surface area contributed by atoms with Crippen LogP contribution >= 0.6 is 11.8 Å². The number of aliphatic carboxylic acids is 1. The van der Waals surface area contributed by atoms with Gasteiger partial charge in [-0.25, -0.2) is 4.79 Å². The molecule has 33 heavy (non-hydrogen) atoms. The first kappa shape index (κ1) is 25.4. The van der Waals surface area contributed by atoms with E-state index in [4.69, 9.17) is 4.74 Å². The number of carbonyl (C=O) groups excluding carboxylic acids is 2. The zero-order chi connectivity index (χ0) is 24.4. The highest BCUT2D eigenvalue weighted by Gasteiger charge is 2.23. The van der Waals surface area contributed by atoms with Gasteiger partial charge < -0.3 is 20.5 Å². The Balaban J connectivity index is 2.36. The molecule has 3 N–H and O–H groups in total. The fraction of sp³-hybridized carbons (Fsp3) is 0.227. The molecule has 0 unspecified atom stereocenters. The normalized spacial score (nSPS) is 11.9. The van der Waals surface area contributed by atoms with Gasteiger partial charge in [0.05, 0.1) is 12.0 Å². The third-order valence-corrected chi connectivity index (χ3v) is 5.10. The lowest BCUT2D eigenvalue weighted by atomic mass is 10.1. The van der Waals surface area contributed by atoms with Gasteiger partial charge in [-0.05, 0) is 54.3 Å². The lowest BCUT2D eigenvalue weighted by molar-refractivity contribution is -0.384. The third-order valence-electron chi connectivity index (χ3n) is 4.45. The van der Waals surface area contributed by atoms with Gasteiger partial charge in [-0.1, -0.05) is 12.1 Å². The molecule has 2 aromatic carbocycles. The Kier molecular flexibility index (Phi) is 9.43. The van der Waals surface area contributed by atoms with Crippen molar-refractivity contribution in [3.63, 3.8) is 0 Å². The van der Waals surface area contributed by atoms with E-state index in [-0.39, 0.29) is 28.9 Å². The van der Waals surface area contributed by atoms with E-state index in [2.05, 4.69) is 10.6 Å². The minimum Gasteiger partial charge on any atom is -0.497 e. The van der Waals surface area contributed by atoms with Gasteiger partial charge in [0.1, 0.15) is 17.5 Å². The number of hydrogen-bond acceptors (Lipinski definition) is 7. The van der Waals surface area contributed by atoms with Crippen LogP contribution in [0.5, 0.6) is 5.75 Å². The van der Waals surface area contributed by atoms with E-state index in [1.807, 2.05) is 6.26 Å². The number of methoxy groups -OCH3 is 1. The summed E-state index contributed by atoms with van der Waals surface area (Å²) >= 11 is 1.43. The van der Waals surface area contributed by atoms with E-state index in [1.165, 1.54) is 61.3 Å². The highest BCUT2D eigenvalue weighted by atomic mass is 32.2. The number of benzene rings is 2. The van der Waals surface area contributed by atoms with E-state index < -0.39 is 28.7 Å². The number of nitro benzene ring substituents is 1. The lowest BCUT2D eigenvalue weighted by Crippen LogP contribution is -2.44. The second kappa shape index (κ2) is 12.2. The number of hydrogen-bond donors (Lipinski definition) is 3. The fourth-order valence-corrected chi connectivity index (χ4v) is 3.19. The average Bonchev–Trinajstić information content (AvgIpc) is 2.81. The molecule has 0 heterocycles. The average molecular weight is 474 g/mol. The first-order valence-corrected chi connectivity index (χ1v) is 11.1. The number of non-ortho nitro benzene ring substituents is 1. The van der Waals surface area contributed by atoms with Crippen molar-refractivity contribution in [2.75, 3.05) is 19.1 Å². The highest BCUT2D eigenvalue weighted by Crippen LogP contribution is 2.16. The molecule has 0 aromatic heterocycles. The summed E-state index contributed by atoms with van der Waals surface area (Å²) in [4.78, 5) is 47.6. The van der Waals surface area contributed by atoms with Crippen molar-refractivity contribution in [1.82, 2.24) is 10.6 Å². The predicted octanol–water partition coefficient (Wildman–Crippen LogP) is 2.70. The molecular formula is C22H23N3O7S. The fourth-order valence-electron chi connectivity index (χ4n) is 2.72. The Hall–Kier alpha value is -3.86. The van der Waals surface area contributed by atoms with Crippen molar-refractivity contribution in [3.05, 3.63) is 75.5 Å². The number of thioether (sulfide) groups is 1. The summed E-state index contributed by atoms with van der Waals surface area (Å²) in [7, 11) is 1.48. The molecule has 10 nitrogen and oxygen atoms in total. The van der Waals surface area contributed by atoms with Crippen LogP contribution in [0.1, 0.15) is 22.3 Å². The molecule has 0 spiro atoms. The second-order valence-corrected chi connectivity index (χ2v) is 7.72. The van der Waals surface area contributed by atoms with Crippen LogP contribution in [0.15, 0.2) is 54.2 Å². The molecule has 2 rings (SSSR count). The maximum Gasteiger partial charge on any atom is 0.326 e. The van der Waals surface area contributed by atoms with Gasteiger partial charge in [-0.2, -0.15) is 11.8 Å². The van der Waals surface area contributed by atoms with Gasteiger partial charge in [-0.15, -0.1) is 0 Å². The molecule has 0 aliphatic rings. The Bertz CT molecular complexity index is 1050. The monoisotopic (exact) mass is 473 g/mol. The number of ether oxygens (including phenoxy) is 1. The minimum absolute atomic E-state index is 0.179. The van der Waals surface area contributed by atoms with E-state index in [0.29, 0.717) is 11.5 Å². The number of nitro groups is 1. The topological polar surface area (TPSA) is 148 Å². The number of nitrogens with one attached hydrogen (secondary N) is 2. The maximum atomic E-state index is 12.9. The van der Waals surface area contributed by atoms with Crippen LogP contribution in [0.4, 0.5) is 5.69 Å². The molecule has 0 radical (unpaired) electrons. The van der Waals surface area contributed by atoms with Crippen LogP contribution in [0.25, 0.3) is 6.08 Å². The molecule has 174 valence electrons.